The van der Waals surface area contributed by atoms with Gasteiger partial charge in [-0.2, -0.15) is 0 Å². The molecule has 0 atom stereocenters. The van der Waals surface area contributed by atoms with Gasteiger partial charge in [-0.3, -0.25) is 0 Å². The lowest BCUT2D eigenvalue weighted by atomic mass is 10.8. The molecule has 0 radical (unpaired) electrons. The fraction of sp³-hybridized carbons (Fsp3) is 1.00. The minimum Gasteiger partial charge on any atom is -0.368 e. The van der Waals surface area contributed by atoms with Crippen LogP contribution in [0.15, 0.2) is 0 Å². The Morgan fingerprint density at radius 2 is 1.12 bits per heavy atom. The molecular weight excluding hydrogens is 106 g/mol. The zero-order valence-electron chi connectivity index (χ0n) is 5.92. The number of nitrogens with zero attached hydrogens (tertiary/aromatic N) is 1. The minimum atomic E-state index is -1.17. The number of aliphatic hydroxyl groups excluding tert-OH is 1. The molecule has 0 unspecified atom stereocenters. The van der Waals surface area contributed by atoms with E-state index in [9.17, 15) is 0 Å². The molecule has 0 saturated heterocycles. The molecule has 0 rings (SSSR count). The van der Waals surface area contributed by atoms with Crippen molar-refractivity contribution in [2.45, 2.75) is 13.2 Å². The Bertz CT molecular complexity index is 25.9. The maximum atomic E-state index is 7.61. The summed E-state index contributed by atoms with van der Waals surface area (Å²) in [5.74, 6) is 0. The van der Waals surface area contributed by atoms with Crippen molar-refractivity contribution in [3.63, 3.8) is 0 Å². The third-order valence-electron chi connectivity index (χ3n) is 0. The van der Waals surface area contributed by atoms with E-state index in [1.807, 2.05) is 26.0 Å². The summed E-state index contributed by atoms with van der Waals surface area (Å²) in [7, 11) is 6.00. The first-order chi connectivity index (χ1) is 3.46. The van der Waals surface area contributed by atoms with Crippen LogP contribution in [-0.4, -0.2) is 42.5 Å². The van der Waals surface area contributed by atoms with Gasteiger partial charge in [-0.05, 0) is 28.1 Å². The van der Waals surface area contributed by atoms with Crippen LogP contribution in [0.1, 0.15) is 6.92 Å². The summed E-state index contributed by atoms with van der Waals surface area (Å²) < 4.78 is 0. The number of rotatable bonds is 0. The van der Waals surface area contributed by atoms with Gasteiger partial charge in [-0.15, -0.1) is 0 Å². The monoisotopic (exact) mass is 121 g/mol. The highest BCUT2D eigenvalue weighted by molar-refractivity contribution is 4.09. The predicted octanol–water partition coefficient (Wildman–Crippen LogP) is -0.505. The molecule has 3 nitrogen and oxygen atoms in total. The van der Waals surface area contributed by atoms with Gasteiger partial charge in [0.1, 0.15) is 6.29 Å². The lowest BCUT2D eigenvalue weighted by Gasteiger charge is -1.90. The van der Waals surface area contributed by atoms with Gasteiger partial charge in [0.05, 0.1) is 0 Å². The fourth-order valence-corrected chi connectivity index (χ4v) is 0. The zero-order valence-corrected chi connectivity index (χ0v) is 5.92. The molecule has 0 aliphatic heterocycles. The Balaban J connectivity index is 0. The number of hydrogen-bond donors (Lipinski definition) is 2. The molecule has 0 aliphatic rings. The number of hydrogen-bond acceptors (Lipinski definition) is 3. The van der Waals surface area contributed by atoms with Crippen LogP contribution in [0.3, 0.4) is 0 Å². The molecule has 0 saturated carbocycles. The second kappa shape index (κ2) is 6.88. The van der Waals surface area contributed by atoms with Crippen molar-refractivity contribution in [3.8, 4) is 0 Å². The third-order valence-corrected chi connectivity index (χ3v) is 0. The normalized spacial score (nSPS) is 9.00. The van der Waals surface area contributed by atoms with E-state index in [1.54, 1.807) is 0 Å². The number of aliphatic hydroxyl groups is 2. The second-order valence-corrected chi connectivity index (χ2v) is 1.97. The van der Waals surface area contributed by atoms with Crippen LogP contribution in [0.4, 0.5) is 0 Å². The summed E-state index contributed by atoms with van der Waals surface area (Å²) >= 11 is 0. The van der Waals surface area contributed by atoms with Crippen molar-refractivity contribution in [1.82, 2.24) is 4.90 Å². The summed E-state index contributed by atoms with van der Waals surface area (Å²) in [5, 5.41) is 15.2. The molecule has 0 aromatic heterocycles. The summed E-state index contributed by atoms with van der Waals surface area (Å²) in [6, 6.07) is 0. The molecule has 0 aromatic rings. The van der Waals surface area contributed by atoms with Gasteiger partial charge in [0.2, 0.25) is 0 Å². The van der Waals surface area contributed by atoms with Crippen molar-refractivity contribution in [2.24, 2.45) is 0 Å². The largest absolute Gasteiger partial charge is 0.368 e. The molecule has 8 heavy (non-hydrogen) atoms. The lowest BCUT2D eigenvalue weighted by molar-refractivity contribution is -0.0228. The van der Waals surface area contributed by atoms with Gasteiger partial charge in [0.15, 0.2) is 0 Å². The van der Waals surface area contributed by atoms with Gasteiger partial charge in [0.25, 0.3) is 0 Å². The molecule has 3 heteroatoms. The molecule has 0 heterocycles. The average molecular weight is 121 g/mol. The summed E-state index contributed by atoms with van der Waals surface area (Å²) in [5.41, 5.74) is 0. The molecule has 0 aromatic carbocycles. The van der Waals surface area contributed by atoms with Crippen molar-refractivity contribution >= 4 is 0 Å². The average Bonchev–Trinajstić information content (AvgIpc) is 1.25. The molecule has 52 valence electrons. The second-order valence-electron chi connectivity index (χ2n) is 1.97. The standard InChI is InChI=1S/C3H9N.C2H6O2/c1-4(2)3;1-2(3)4/h1-3H3;2-4H,1H3. The smallest absolute Gasteiger partial charge is 0.148 e. The van der Waals surface area contributed by atoms with Crippen molar-refractivity contribution in [1.29, 1.82) is 0 Å². The first-order valence-electron chi connectivity index (χ1n) is 2.44. The predicted molar refractivity (Wildman–Crippen MR) is 33.5 cm³/mol. The van der Waals surface area contributed by atoms with Crippen molar-refractivity contribution in [3.05, 3.63) is 0 Å². The van der Waals surface area contributed by atoms with E-state index >= 15 is 0 Å². The van der Waals surface area contributed by atoms with Crippen LogP contribution in [0.25, 0.3) is 0 Å². The highest BCUT2D eigenvalue weighted by Crippen LogP contribution is 1.57. The van der Waals surface area contributed by atoms with Gasteiger partial charge in [-0.25, -0.2) is 0 Å². The van der Waals surface area contributed by atoms with E-state index < -0.39 is 6.29 Å². The Labute approximate surface area is 50.6 Å². The van der Waals surface area contributed by atoms with Gasteiger partial charge < -0.3 is 15.1 Å². The van der Waals surface area contributed by atoms with E-state index in [0.717, 1.165) is 0 Å². The Morgan fingerprint density at radius 3 is 1.12 bits per heavy atom. The van der Waals surface area contributed by atoms with Crippen LogP contribution < -0.4 is 0 Å². The molecule has 0 spiro atoms. The first-order valence-corrected chi connectivity index (χ1v) is 2.44. The quantitative estimate of drug-likeness (QED) is 0.424. The summed E-state index contributed by atoms with van der Waals surface area (Å²) in [6.45, 7) is 1.28. The van der Waals surface area contributed by atoms with E-state index in [-0.39, 0.29) is 0 Å². The Hall–Kier alpha value is -0.120. The van der Waals surface area contributed by atoms with Crippen molar-refractivity contribution in [2.75, 3.05) is 21.1 Å². The van der Waals surface area contributed by atoms with E-state index in [4.69, 9.17) is 10.2 Å². The molecule has 0 fully saturated rings. The molecule has 0 amide bonds. The highest BCUT2D eigenvalue weighted by Gasteiger charge is 1.70. The Kier molecular flexibility index (Phi) is 9.28. The van der Waals surface area contributed by atoms with Crippen LogP contribution >= 0.6 is 0 Å². The maximum Gasteiger partial charge on any atom is 0.148 e. The summed E-state index contributed by atoms with van der Waals surface area (Å²) in [4.78, 5) is 2.00. The molecule has 0 aliphatic carbocycles. The Morgan fingerprint density at radius 1 is 1.12 bits per heavy atom. The lowest BCUT2D eigenvalue weighted by Crippen LogP contribution is -1.99. The van der Waals surface area contributed by atoms with Crippen LogP contribution in [0.5, 0.6) is 0 Å². The molecular formula is C5H15NO2. The van der Waals surface area contributed by atoms with Crippen molar-refractivity contribution < 1.29 is 10.2 Å². The van der Waals surface area contributed by atoms with Gasteiger partial charge in [-0.1, -0.05) is 0 Å². The zero-order chi connectivity index (χ0) is 7.15. The SMILES string of the molecule is CC(O)O.CN(C)C. The van der Waals surface area contributed by atoms with Gasteiger partial charge >= 0.3 is 0 Å². The maximum absolute atomic E-state index is 7.61. The summed E-state index contributed by atoms with van der Waals surface area (Å²) in [6.07, 6.45) is -1.17. The topological polar surface area (TPSA) is 43.7 Å². The van der Waals surface area contributed by atoms with Crippen LogP contribution in [0, 0.1) is 0 Å². The van der Waals surface area contributed by atoms with E-state index in [2.05, 4.69) is 0 Å². The van der Waals surface area contributed by atoms with E-state index in [0.29, 0.717) is 0 Å². The highest BCUT2D eigenvalue weighted by atomic mass is 16.5. The molecule has 2 N–H and O–H groups in total. The third kappa shape index (κ3) is 9720. The molecule has 0 bridgehead atoms. The van der Waals surface area contributed by atoms with Crippen LogP contribution in [-0.2, 0) is 0 Å². The first kappa shape index (κ1) is 10.8. The fourth-order valence-electron chi connectivity index (χ4n) is 0. The van der Waals surface area contributed by atoms with E-state index in [1.165, 1.54) is 6.92 Å². The minimum absolute atomic E-state index is 1.17. The van der Waals surface area contributed by atoms with Crippen LogP contribution in [0.2, 0.25) is 0 Å². The van der Waals surface area contributed by atoms with Gasteiger partial charge in [0, 0.05) is 0 Å².